The lowest BCUT2D eigenvalue weighted by molar-refractivity contribution is -0.587. The van der Waals surface area contributed by atoms with Crippen LogP contribution in [0.25, 0.3) is 0 Å². The molecule has 1 saturated carbocycles. The fraction of sp³-hybridized carbons (Fsp3) is 1.00. The van der Waals surface area contributed by atoms with Gasteiger partial charge in [-0.1, -0.05) is 29.8 Å². The summed E-state index contributed by atoms with van der Waals surface area (Å²) in [5.74, 6) is -1.43. The molecule has 0 amide bonds. The summed E-state index contributed by atoms with van der Waals surface area (Å²) in [7, 11) is 0. The van der Waals surface area contributed by atoms with E-state index in [1.807, 2.05) is 13.8 Å². The number of alkyl halides is 2. The van der Waals surface area contributed by atoms with E-state index in [9.17, 15) is 4.39 Å². The highest BCUT2D eigenvalue weighted by molar-refractivity contribution is 9.09. The van der Waals surface area contributed by atoms with E-state index in [4.69, 9.17) is 24.0 Å². The summed E-state index contributed by atoms with van der Waals surface area (Å²) in [5, 5.41) is 0.913. The first kappa shape index (κ1) is 20.5. The zero-order chi connectivity index (χ0) is 19.3. The quantitative estimate of drug-likeness (QED) is 0.332. The molecule has 0 aromatic rings. The van der Waals surface area contributed by atoms with Gasteiger partial charge in [0.15, 0.2) is 11.9 Å². The standard InChI is InChI=1S/C20H32BrFO5/c1-13-6-7-16-14(2)19(12-22,23-11-5-4-10-21)25-17-20(16)15(13)8-9-18(3,24-17)26-27-20/h13-17H,4-12H2,1-3H3/t13-,14-,15?,16+,17+,18+,19+,20-/m1/s1. The molecule has 5 rings (SSSR count). The lowest BCUT2D eigenvalue weighted by atomic mass is 9.57. The van der Waals surface area contributed by atoms with Gasteiger partial charge in [0.2, 0.25) is 11.6 Å². The molecule has 156 valence electrons. The molecule has 2 bridgehead atoms. The summed E-state index contributed by atoms with van der Waals surface area (Å²) in [6.07, 6.45) is 4.93. The van der Waals surface area contributed by atoms with Gasteiger partial charge in [0, 0.05) is 23.6 Å². The van der Waals surface area contributed by atoms with Gasteiger partial charge in [-0.3, -0.25) is 0 Å². The monoisotopic (exact) mass is 450 g/mol. The molecule has 5 fully saturated rings. The predicted octanol–water partition coefficient (Wildman–Crippen LogP) is 4.73. The van der Waals surface area contributed by atoms with E-state index in [1.54, 1.807) is 0 Å². The van der Waals surface area contributed by atoms with Crippen molar-refractivity contribution in [1.82, 2.24) is 0 Å². The van der Waals surface area contributed by atoms with Crippen LogP contribution in [0.2, 0.25) is 0 Å². The van der Waals surface area contributed by atoms with Gasteiger partial charge < -0.3 is 14.2 Å². The molecule has 5 nitrogen and oxygen atoms in total. The minimum Gasteiger partial charge on any atom is -0.347 e. The maximum atomic E-state index is 14.4. The van der Waals surface area contributed by atoms with Crippen LogP contribution in [-0.2, 0) is 24.0 Å². The number of hydrogen-bond donors (Lipinski definition) is 0. The Morgan fingerprint density at radius 2 is 1.89 bits per heavy atom. The van der Waals surface area contributed by atoms with Crippen LogP contribution in [0.3, 0.4) is 0 Å². The molecule has 1 aliphatic carbocycles. The highest BCUT2D eigenvalue weighted by atomic mass is 79.9. The summed E-state index contributed by atoms with van der Waals surface area (Å²) in [6.45, 7) is 5.98. The Balaban J connectivity index is 1.67. The molecule has 7 heteroatoms. The van der Waals surface area contributed by atoms with Crippen molar-refractivity contribution in [3.63, 3.8) is 0 Å². The molecule has 4 heterocycles. The summed E-state index contributed by atoms with van der Waals surface area (Å²) in [5.41, 5.74) is -0.676. The van der Waals surface area contributed by atoms with Crippen LogP contribution in [0.15, 0.2) is 0 Å². The van der Waals surface area contributed by atoms with E-state index in [2.05, 4.69) is 22.9 Å². The zero-order valence-electron chi connectivity index (χ0n) is 16.5. The van der Waals surface area contributed by atoms with E-state index in [1.165, 1.54) is 0 Å². The van der Waals surface area contributed by atoms with E-state index >= 15 is 0 Å². The third-order valence-electron chi connectivity index (χ3n) is 7.44. The first-order chi connectivity index (χ1) is 12.9. The Morgan fingerprint density at radius 3 is 2.63 bits per heavy atom. The van der Waals surface area contributed by atoms with Crippen LogP contribution in [0.1, 0.15) is 59.3 Å². The second-order valence-electron chi connectivity index (χ2n) is 9.01. The molecular formula is C20H32BrFO5. The van der Waals surface area contributed by atoms with Crippen molar-refractivity contribution in [2.24, 2.45) is 23.7 Å². The SMILES string of the molecule is C[C@@H]1CC[C@H]2[C@@H](C)[C@@](CF)(OCCCCBr)O[C@@H]3O[C@]4(C)CCC1[C@]32OO4. The third kappa shape index (κ3) is 3.12. The summed E-state index contributed by atoms with van der Waals surface area (Å²) in [6, 6.07) is 0. The highest BCUT2D eigenvalue weighted by Crippen LogP contribution is 2.62. The van der Waals surface area contributed by atoms with E-state index in [0.717, 1.165) is 43.9 Å². The number of rotatable bonds is 6. The minimum atomic E-state index is -1.28. The van der Waals surface area contributed by atoms with Gasteiger partial charge in [-0.15, -0.1) is 0 Å². The lowest BCUT2D eigenvalue weighted by Crippen LogP contribution is -2.73. The smallest absolute Gasteiger partial charge is 0.202 e. The van der Waals surface area contributed by atoms with Crippen LogP contribution in [0.4, 0.5) is 4.39 Å². The van der Waals surface area contributed by atoms with E-state index in [-0.39, 0.29) is 17.8 Å². The van der Waals surface area contributed by atoms with Crippen molar-refractivity contribution in [2.45, 2.75) is 82.8 Å². The summed E-state index contributed by atoms with van der Waals surface area (Å²) >= 11 is 3.43. The van der Waals surface area contributed by atoms with Gasteiger partial charge in [-0.05, 0) is 50.9 Å². The Labute approximate surface area is 169 Å². The van der Waals surface area contributed by atoms with Crippen molar-refractivity contribution in [3.8, 4) is 0 Å². The van der Waals surface area contributed by atoms with Crippen molar-refractivity contribution >= 4 is 15.9 Å². The lowest BCUT2D eigenvalue weighted by Gasteiger charge is -2.62. The fourth-order valence-corrected chi connectivity index (χ4v) is 6.18. The third-order valence-corrected chi connectivity index (χ3v) is 8.00. The van der Waals surface area contributed by atoms with Crippen LogP contribution in [0.5, 0.6) is 0 Å². The Bertz CT molecular complexity index is 552. The zero-order valence-corrected chi connectivity index (χ0v) is 18.1. The number of fused-ring (bicyclic) bond motifs is 2. The molecule has 0 aromatic heterocycles. The minimum absolute atomic E-state index is 0.0759. The molecule has 4 aliphatic heterocycles. The van der Waals surface area contributed by atoms with Crippen LogP contribution in [0, 0.1) is 23.7 Å². The first-order valence-corrected chi connectivity index (χ1v) is 11.5. The second-order valence-corrected chi connectivity index (χ2v) is 9.80. The highest BCUT2D eigenvalue weighted by Gasteiger charge is 2.72. The van der Waals surface area contributed by atoms with Crippen LogP contribution < -0.4 is 0 Å². The maximum absolute atomic E-state index is 14.4. The fourth-order valence-electron chi connectivity index (χ4n) is 5.78. The Morgan fingerprint density at radius 1 is 1.07 bits per heavy atom. The Hall–Kier alpha value is 0.210. The van der Waals surface area contributed by atoms with Crippen molar-refractivity contribution < 1.29 is 28.4 Å². The number of hydrogen-bond acceptors (Lipinski definition) is 5. The Kier molecular flexibility index (Phi) is 5.67. The summed E-state index contributed by atoms with van der Waals surface area (Å²) in [4.78, 5) is 11.9. The molecule has 1 unspecified atom stereocenters. The van der Waals surface area contributed by atoms with Gasteiger partial charge >= 0.3 is 0 Å². The van der Waals surface area contributed by atoms with Crippen molar-refractivity contribution in [3.05, 3.63) is 0 Å². The van der Waals surface area contributed by atoms with Crippen molar-refractivity contribution in [2.75, 3.05) is 18.6 Å². The first-order valence-electron chi connectivity index (χ1n) is 10.4. The van der Waals surface area contributed by atoms with Gasteiger partial charge in [0.25, 0.3) is 0 Å². The average molecular weight is 451 g/mol. The molecule has 0 radical (unpaired) electrons. The summed E-state index contributed by atoms with van der Waals surface area (Å²) < 4.78 is 33.1. The van der Waals surface area contributed by atoms with Crippen LogP contribution in [-0.4, -0.2) is 42.1 Å². The van der Waals surface area contributed by atoms with Gasteiger partial charge in [-0.2, -0.15) is 0 Å². The van der Waals surface area contributed by atoms with Gasteiger partial charge in [0.05, 0.1) is 6.61 Å². The molecule has 0 N–H and O–H groups in total. The number of halogens is 2. The molecule has 1 spiro atoms. The van der Waals surface area contributed by atoms with E-state index < -0.39 is 30.1 Å². The van der Waals surface area contributed by atoms with Crippen LogP contribution >= 0.6 is 15.9 Å². The molecular weight excluding hydrogens is 419 g/mol. The molecule has 27 heavy (non-hydrogen) atoms. The van der Waals surface area contributed by atoms with E-state index in [0.29, 0.717) is 12.5 Å². The van der Waals surface area contributed by atoms with Gasteiger partial charge in [0.1, 0.15) is 6.67 Å². The van der Waals surface area contributed by atoms with Gasteiger partial charge in [-0.25, -0.2) is 14.2 Å². The normalized spacial score (nSPS) is 51.7. The topological polar surface area (TPSA) is 46.2 Å². The number of unbranched alkanes of at least 4 members (excludes halogenated alkanes) is 1. The molecule has 5 aliphatic rings. The van der Waals surface area contributed by atoms with Crippen molar-refractivity contribution in [1.29, 1.82) is 0 Å². The largest absolute Gasteiger partial charge is 0.347 e. The molecule has 8 atom stereocenters. The molecule has 4 saturated heterocycles. The second kappa shape index (κ2) is 7.47. The molecule has 0 aromatic carbocycles. The predicted molar refractivity (Wildman–Crippen MR) is 101 cm³/mol. The maximum Gasteiger partial charge on any atom is 0.202 e. The number of ether oxygens (including phenoxy) is 3. The average Bonchev–Trinajstić information content (AvgIpc) is 2.89.